The van der Waals surface area contributed by atoms with E-state index in [1.807, 2.05) is 0 Å². The Balaban J connectivity index is 0.000000331. The van der Waals surface area contributed by atoms with Gasteiger partial charge in [-0.25, -0.2) is 0 Å². The van der Waals surface area contributed by atoms with Crippen molar-refractivity contribution in [2.24, 2.45) is 0 Å². The highest BCUT2D eigenvalue weighted by atomic mass is 32.2. The zero-order chi connectivity index (χ0) is 14.4. The van der Waals surface area contributed by atoms with Crippen molar-refractivity contribution >= 4 is 10.1 Å². The minimum Gasteiger partial charge on any atom is -0.351 e. The fourth-order valence-corrected chi connectivity index (χ4v) is 1.23. The Bertz CT molecular complexity index is 451. The van der Waals surface area contributed by atoms with Gasteiger partial charge in [-0.1, -0.05) is 13.8 Å². The number of hydrogen-bond donors (Lipinski definition) is 1. The zero-order valence-electron chi connectivity index (χ0n) is 10.1. The third-order valence-corrected chi connectivity index (χ3v) is 2.63. The molecule has 4 nitrogen and oxygen atoms in total. The van der Waals surface area contributed by atoms with Crippen LogP contribution in [0.2, 0.25) is 0 Å². The molecule has 1 aromatic heterocycles. The second-order valence-corrected chi connectivity index (χ2v) is 4.88. The Hall–Kier alpha value is -1.02. The summed E-state index contributed by atoms with van der Waals surface area (Å²) in [7, 11) is -5.84. The molecule has 0 saturated carbocycles. The van der Waals surface area contributed by atoms with Crippen LogP contribution < -0.4 is 0 Å². The summed E-state index contributed by atoms with van der Waals surface area (Å²) in [5.74, 6) is 0. The third kappa shape index (κ3) is 5.54. The molecule has 0 amide bonds. The number of hydrogen-bond acceptors (Lipinski definition) is 2. The second kappa shape index (κ2) is 6.79. The molecular formula is C10H16F3NO3S. The molecule has 0 radical (unpaired) electrons. The minimum atomic E-state index is -5.84. The summed E-state index contributed by atoms with van der Waals surface area (Å²) in [6, 6.07) is 4.31. The van der Waals surface area contributed by atoms with Gasteiger partial charge in [0.05, 0.1) is 0 Å². The summed E-state index contributed by atoms with van der Waals surface area (Å²) in [6.07, 6.45) is 4.52. The molecule has 8 heteroatoms. The lowest BCUT2D eigenvalue weighted by Crippen LogP contribution is -2.21. The van der Waals surface area contributed by atoms with E-state index in [4.69, 9.17) is 13.0 Å². The van der Waals surface area contributed by atoms with Crippen molar-refractivity contribution in [1.29, 1.82) is 0 Å². The largest absolute Gasteiger partial charge is 0.522 e. The molecular weight excluding hydrogens is 271 g/mol. The Morgan fingerprint density at radius 2 is 1.83 bits per heavy atom. The quantitative estimate of drug-likeness (QED) is 0.687. The Labute approximate surface area is 104 Å². The lowest BCUT2D eigenvalue weighted by Gasteiger charge is -2.03. The van der Waals surface area contributed by atoms with E-state index in [0.29, 0.717) is 0 Å². The van der Waals surface area contributed by atoms with Crippen molar-refractivity contribution < 1.29 is 26.1 Å². The van der Waals surface area contributed by atoms with Crippen LogP contribution in [0, 0.1) is 0 Å². The third-order valence-electron chi connectivity index (χ3n) is 2.04. The smallest absolute Gasteiger partial charge is 0.351 e. The van der Waals surface area contributed by atoms with Gasteiger partial charge in [0.1, 0.15) is 0 Å². The molecule has 1 aromatic rings. The molecule has 1 heterocycles. The normalized spacial score (nSPS) is 11.9. The molecule has 0 atom stereocenters. The van der Waals surface area contributed by atoms with Crippen molar-refractivity contribution in [2.45, 2.75) is 38.7 Å². The zero-order valence-corrected chi connectivity index (χ0v) is 10.9. The van der Waals surface area contributed by atoms with Gasteiger partial charge >= 0.3 is 15.6 Å². The first-order valence-electron chi connectivity index (χ1n) is 5.31. The fraction of sp³-hybridized carbons (Fsp3) is 0.600. The fourth-order valence-electron chi connectivity index (χ4n) is 1.23. The van der Waals surface area contributed by atoms with Crippen molar-refractivity contribution in [3.05, 3.63) is 24.0 Å². The average molecular weight is 287 g/mol. The van der Waals surface area contributed by atoms with Crippen molar-refractivity contribution in [2.75, 3.05) is 0 Å². The number of alkyl halides is 3. The van der Waals surface area contributed by atoms with Gasteiger partial charge in [0.25, 0.3) is 0 Å². The maximum Gasteiger partial charge on any atom is 0.522 e. The highest BCUT2D eigenvalue weighted by Crippen LogP contribution is 2.20. The van der Waals surface area contributed by atoms with Crippen molar-refractivity contribution in [3.63, 3.8) is 0 Å². The van der Waals surface area contributed by atoms with Crippen LogP contribution in [0.3, 0.4) is 0 Å². The molecule has 1 N–H and O–H groups in total. The molecule has 0 fully saturated rings. The van der Waals surface area contributed by atoms with Gasteiger partial charge in [-0.15, -0.1) is 0 Å². The molecule has 18 heavy (non-hydrogen) atoms. The van der Waals surface area contributed by atoms with Gasteiger partial charge in [-0.3, -0.25) is 4.55 Å². The molecule has 0 aliphatic carbocycles. The summed E-state index contributed by atoms with van der Waals surface area (Å²) < 4.78 is 59.9. The molecule has 0 unspecified atom stereocenters. The number of nitrogens with zero attached hydrogens (tertiary/aromatic N) is 1. The van der Waals surface area contributed by atoms with E-state index in [-0.39, 0.29) is 0 Å². The van der Waals surface area contributed by atoms with E-state index in [2.05, 4.69) is 36.7 Å². The van der Waals surface area contributed by atoms with Crippen LogP contribution in [0.4, 0.5) is 13.2 Å². The standard InChI is InChI=1S/C9H15N.CHF3O3S/c1-3-7-10-8-5-6-9(10)4-2;2-1(3,4)8(5,6)7/h5-6,8H,3-4,7H2,1-2H3;(H,5,6,7). The number of halogens is 3. The van der Waals surface area contributed by atoms with Gasteiger partial charge in [0.15, 0.2) is 0 Å². The first-order chi connectivity index (χ1) is 8.13. The molecule has 0 aliphatic heterocycles. The van der Waals surface area contributed by atoms with E-state index >= 15 is 0 Å². The summed E-state index contributed by atoms with van der Waals surface area (Å²) in [5.41, 5.74) is -4.09. The van der Waals surface area contributed by atoms with E-state index < -0.39 is 15.6 Å². The first-order valence-corrected chi connectivity index (χ1v) is 6.75. The van der Waals surface area contributed by atoms with E-state index in [1.165, 1.54) is 12.1 Å². The topological polar surface area (TPSA) is 59.3 Å². The first kappa shape index (κ1) is 17.0. The van der Waals surface area contributed by atoms with Gasteiger partial charge in [0, 0.05) is 18.4 Å². The molecule has 1 rings (SSSR count). The van der Waals surface area contributed by atoms with Crippen LogP contribution in [0.1, 0.15) is 26.0 Å². The SMILES string of the molecule is CCCn1cccc1CC.O=S(=O)(O)C(F)(F)F. The number of aryl methyl sites for hydroxylation is 2. The lowest BCUT2D eigenvalue weighted by atomic mass is 10.3. The molecule has 0 saturated heterocycles. The van der Waals surface area contributed by atoms with Gasteiger partial charge in [-0.2, -0.15) is 21.6 Å². The van der Waals surface area contributed by atoms with E-state index in [0.717, 1.165) is 13.0 Å². The van der Waals surface area contributed by atoms with E-state index in [1.54, 1.807) is 0 Å². The monoisotopic (exact) mass is 287 g/mol. The summed E-state index contributed by atoms with van der Waals surface area (Å²) in [5, 5.41) is 0. The van der Waals surface area contributed by atoms with Crippen LogP contribution in [0.15, 0.2) is 18.3 Å². The summed E-state index contributed by atoms with van der Waals surface area (Å²) in [6.45, 7) is 5.57. The Kier molecular flexibility index (Phi) is 6.41. The molecule has 106 valence electrons. The Morgan fingerprint density at radius 3 is 2.17 bits per heavy atom. The van der Waals surface area contributed by atoms with Gasteiger partial charge in [-0.05, 0) is 25.0 Å². The van der Waals surface area contributed by atoms with Gasteiger partial charge < -0.3 is 4.57 Å². The Morgan fingerprint density at radius 1 is 1.33 bits per heavy atom. The molecule has 0 aliphatic rings. The summed E-state index contributed by atoms with van der Waals surface area (Å²) >= 11 is 0. The molecule has 0 aromatic carbocycles. The number of rotatable bonds is 3. The van der Waals surface area contributed by atoms with E-state index in [9.17, 15) is 13.2 Å². The summed E-state index contributed by atoms with van der Waals surface area (Å²) in [4.78, 5) is 0. The van der Waals surface area contributed by atoms with Crippen LogP contribution in [0.5, 0.6) is 0 Å². The molecule has 0 spiro atoms. The van der Waals surface area contributed by atoms with Crippen LogP contribution in [-0.4, -0.2) is 23.0 Å². The minimum absolute atomic E-state index is 1.15. The highest BCUT2D eigenvalue weighted by Gasteiger charge is 2.44. The maximum absolute atomic E-state index is 10.7. The lowest BCUT2D eigenvalue weighted by molar-refractivity contribution is -0.0510. The maximum atomic E-state index is 10.7. The number of aromatic nitrogens is 1. The molecule has 0 bridgehead atoms. The van der Waals surface area contributed by atoms with Crippen LogP contribution in [-0.2, 0) is 23.1 Å². The van der Waals surface area contributed by atoms with Crippen molar-refractivity contribution in [3.8, 4) is 0 Å². The predicted molar refractivity (Wildman–Crippen MR) is 61.7 cm³/mol. The van der Waals surface area contributed by atoms with Crippen molar-refractivity contribution in [1.82, 2.24) is 4.57 Å². The van der Waals surface area contributed by atoms with Gasteiger partial charge in [0.2, 0.25) is 0 Å². The average Bonchev–Trinajstić information content (AvgIpc) is 2.63. The van der Waals surface area contributed by atoms with Crippen LogP contribution >= 0.6 is 0 Å². The second-order valence-electron chi connectivity index (χ2n) is 3.47. The van der Waals surface area contributed by atoms with Crippen LogP contribution in [0.25, 0.3) is 0 Å². The predicted octanol–water partition coefficient (Wildman–Crippen LogP) is 2.85. The highest BCUT2D eigenvalue weighted by molar-refractivity contribution is 7.86.